The molecule has 0 aromatic carbocycles. The van der Waals surface area contributed by atoms with Gasteiger partial charge in [0.2, 0.25) is 0 Å². The van der Waals surface area contributed by atoms with Gasteiger partial charge in [-0.25, -0.2) is 0 Å². The third-order valence-corrected chi connectivity index (χ3v) is 2.95. The summed E-state index contributed by atoms with van der Waals surface area (Å²) in [6, 6.07) is 3.78. The summed E-state index contributed by atoms with van der Waals surface area (Å²) in [4.78, 5) is 0. The first-order valence-electron chi connectivity index (χ1n) is 5.29. The molecule has 4 heteroatoms. The Labute approximate surface area is 89.0 Å². The Bertz CT molecular complexity index is 401. The highest BCUT2D eigenvalue weighted by Gasteiger charge is 2.15. The van der Waals surface area contributed by atoms with E-state index < -0.39 is 0 Å². The van der Waals surface area contributed by atoms with E-state index in [1.165, 1.54) is 11.9 Å². The van der Waals surface area contributed by atoms with Gasteiger partial charge in [0.1, 0.15) is 5.49 Å². The first-order chi connectivity index (χ1) is 7.31. The number of piperidine rings is 1. The Hall–Kier alpha value is -1.42. The first kappa shape index (κ1) is 10.1. The molecule has 0 unspecified atom stereocenters. The van der Waals surface area contributed by atoms with Crippen molar-refractivity contribution in [3.05, 3.63) is 29.4 Å². The van der Waals surface area contributed by atoms with E-state index in [0.29, 0.717) is 11.4 Å². The lowest BCUT2D eigenvalue weighted by Gasteiger charge is -2.23. The van der Waals surface area contributed by atoms with Crippen molar-refractivity contribution < 1.29 is 0 Å². The smallest absolute Gasteiger partial charge is 0.129 e. The van der Waals surface area contributed by atoms with Gasteiger partial charge in [-0.1, -0.05) is 6.07 Å². The van der Waals surface area contributed by atoms with Crippen molar-refractivity contribution in [1.29, 1.82) is 10.8 Å². The van der Waals surface area contributed by atoms with Gasteiger partial charge in [0, 0.05) is 6.20 Å². The number of hydrogen-bond acceptors (Lipinski definition) is 3. The van der Waals surface area contributed by atoms with Crippen LogP contribution in [0, 0.1) is 10.8 Å². The lowest BCUT2D eigenvalue weighted by atomic mass is 9.91. The molecule has 4 nitrogen and oxygen atoms in total. The van der Waals surface area contributed by atoms with E-state index in [0.717, 1.165) is 25.9 Å². The molecule has 0 bridgehead atoms. The van der Waals surface area contributed by atoms with Crippen LogP contribution >= 0.6 is 0 Å². The molecule has 15 heavy (non-hydrogen) atoms. The summed E-state index contributed by atoms with van der Waals surface area (Å²) in [6.45, 7) is 2.13. The SMILES string of the molecule is N=Cn1cc(C2CCNCC2)ccc1=N. The van der Waals surface area contributed by atoms with E-state index in [4.69, 9.17) is 10.8 Å². The Balaban J connectivity index is 2.27. The van der Waals surface area contributed by atoms with Crippen LogP contribution in [0.15, 0.2) is 18.3 Å². The largest absolute Gasteiger partial charge is 0.317 e. The summed E-state index contributed by atoms with van der Waals surface area (Å²) in [5.41, 5.74) is 1.61. The third kappa shape index (κ3) is 2.15. The standard InChI is InChI=1S/C11H16N4/c12-8-15-7-10(1-2-11(15)13)9-3-5-14-6-4-9/h1-2,7-9,12-14H,3-6H2. The molecule has 0 aliphatic carbocycles. The van der Waals surface area contributed by atoms with Gasteiger partial charge in [-0.2, -0.15) is 0 Å². The van der Waals surface area contributed by atoms with Crippen LogP contribution in [-0.4, -0.2) is 24.0 Å². The second-order valence-corrected chi connectivity index (χ2v) is 3.91. The average molecular weight is 204 g/mol. The van der Waals surface area contributed by atoms with Crippen LogP contribution in [0.1, 0.15) is 24.3 Å². The zero-order valence-corrected chi connectivity index (χ0v) is 8.66. The van der Waals surface area contributed by atoms with E-state index in [1.807, 2.05) is 12.3 Å². The van der Waals surface area contributed by atoms with Crippen molar-refractivity contribution in [2.75, 3.05) is 13.1 Å². The molecule has 3 N–H and O–H groups in total. The summed E-state index contributed by atoms with van der Waals surface area (Å²) in [5.74, 6) is 0.582. The fraction of sp³-hybridized carbons (Fsp3) is 0.455. The Morgan fingerprint density at radius 2 is 2.07 bits per heavy atom. The quantitative estimate of drug-likeness (QED) is 0.486. The molecule has 80 valence electrons. The highest BCUT2D eigenvalue weighted by molar-refractivity contribution is 5.54. The predicted octanol–water partition coefficient (Wildman–Crippen LogP) is 0.890. The van der Waals surface area contributed by atoms with E-state index in [1.54, 1.807) is 10.6 Å². The molecular formula is C11H16N4. The van der Waals surface area contributed by atoms with Crippen molar-refractivity contribution in [2.45, 2.75) is 18.8 Å². The summed E-state index contributed by atoms with van der Waals surface area (Å²) < 4.78 is 1.55. The van der Waals surface area contributed by atoms with Crippen LogP contribution in [0.5, 0.6) is 0 Å². The summed E-state index contributed by atoms with van der Waals surface area (Å²) in [7, 11) is 0. The van der Waals surface area contributed by atoms with Crippen molar-refractivity contribution in [3.8, 4) is 0 Å². The van der Waals surface area contributed by atoms with Gasteiger partial charge in [0.25, 0.3) is 0 Å². The number of aromatic nitrogens is 1. The second kappa shape index (κ2) is 4.40. The fourth-order valence-electron chi connectivity index (χ4n) is 2.04. The molecule has 0 radical (unpaired) electrons. The zero-order chi connectivity index (χ0) is 10.7. The van der Waals surface area contributed by atoms with E-state index in [2.05, 4.69) is 5.32 Å². The van der Waals surface area contributed by atoms with Gasteiger partial charge in [0.15, 0.2) is 0 Å². The molecule has 0 atom stereocenters. The third-order valence-electron chi connectivity index (χ3n) is 2.95. The molecule has 0 spiro atoms. The number of rotatable bonds is 2. The second-order valence-electron chi connectivity index (χ2n) is 3.91. The average Bonchev–Trinajstić information content (AvgIpc) is 2.31. The van der Waals surface area contributed by atoms with Crippen LogP contribution < -0.4 is 10.8 Å². The molecule has 1 aliphatic heterocycles. The Morgan fingerprint density at radius 1 is 1.33 bits per heavy atom. The number of nitrogens with zero attached hydrogens (tertiary/aromatic N) is 1. The first-order valence-corrected chi connectivity index (χ1v) is 5.29. The highest BCUT2D eigenvalue weighted by Crippen LogP contribution is 2.23. The molecule has 0 amide bonds. The van der Waals surface area contributed by atoms with Crippen molar-refractivity contribution >= 4 is 6.34 Å². The molecule has 1 fully saturated rings. The van der Waals surface area contributed by atoms with E-state index >= 15 is 0 Å². The fourth-order valence-corrected chi connectivity index (χ4v) is 2.04. The summed E-state index contributed by atoms with van der Waals surface area (Å²) in [5, 5.41) is 18.1. The summed E-state index contributed by atoms with van der Waals surface area (Å²) >= 11 is 0. The summed E-state index contributed by atoms with van der Waals surface area (Å²) in [6.07, 6.45) is 5.39. The van der Waals surface area contributed by atoms with Crippen LogP contribution in [0.2, 0.25) is 0 Å². The minimum absolute atomic E-state index is 0.364. The van der Waals surface area contributed by atoms with Crippen molar-refractivity contribution in [3.63, 3.8) is 0 Å². The van der Waals surface area contributed by atoms with Crippen molar-refractivity contribution in [2.24, 2.45) is 0 Å². The van der Waals surface area contributed by atoms with Gasteiger partial charge < -0.3 is 5.32 Å². The molecule has 2 rings (SSSR count). The lowest BCUT2D eigenvalue weighted by Crippen LogP contribution is -2.27. The monoisotopic (exact) mass is 204 g/mol. The molecule has 1 aromatic heterocycles. The van der Waals surface area contributed by atoms with Crippen molar-refractivity contribution in [1.82, 2.24) is 9.88 Å². The molecule has 1 aromatic rings. The minimum atomic E-state index is 0.364. The molecule has 0 saturated carbocycles. The van der Waals surface area contributed by atoms with Crippen LogP contribution in [0.4, 0.5) is 0 Å². The number of nitrogens with one attached hydrogen (secondary N) is 3. The number of pyridine rings is 1. The molecule has 2 heterocycles. The minimum Gasteiger partial charge on any atom is -0.317 e. The van der Waals surface area contributed by atoms with E-state index in [-0.39, 0.29) is 0 Å². The highest BCUT2D eigenvalue weighted by atomic mass is 15.0. The molecular weight excluding hydrogens is 188 g/mol. The Kier molecular flexibility index (Phi) is 2.97. The predicted molar refractivity (Wildman–Crippen MR) is 59.3 cm³/mol. The van der Waals surface area contributed by atoms with Gasteiger partial charge in [-0.05, 0) is 43.5 Å². The normalized spacial score (nSPS) is 17.6. The topological polar surface area (TPSA) is 64.7 Å². The lowest BCUT2D eigenvalue weighted by molar-refractivity contribution is 0.459. The van der Waals surface area contributed by atoms with Crippen LogP contribution in [0.3, 0.4) is 0 Å². The van der Waals surface area contributed by atoms with Gasteiger partial charge in [-0.3, -0.25) is 15.4 Å². The maximum Gasteiger partial charge on any atom is 0.129 e. The van der Waals surface area contributed by atoms with E-state index in [9.17, 15) is 0 Å². The van der Waals surface area contributed by atoms with Gasteiger partial charge >= 0.3 is 0 Å². The van der Waals surface area contributed by atoms with Crippen LogP contribution in [0.25, 0.3) is 0 Å². The molecule has 1 saturated heterocycles. The number of hydrogen-bond donors (Lipinski definition) is 3. The maximum absolute atomic E-state index is 7.58. The van der Waals surface area contributed by atoms with Crippen LogP contribution in [-0.2, 0) is 0 Å². The van der Waals surface area contributed by atoms with Gasteiger partial charge in [0.05, 0.1) is 6.34 Å². The molecule has 1 aliphatic rings. The Morgan fingerprint density at radius 3 is 2.73 bits per heavy atom. The zero-order valence-electron chi connectivity index (χ0n) is 8.66. The maximum atomic E-state index is 7.58. The van der Waals surface area contributed by atoms with Gasteiger partial charge in [-0.15, -0.1) is 0 Å².